The van der Waals surface area contributed by atoms with Crippen LogP contribution in [0.3, 0.4) is 0 Å². The number of ether oxygens (including phenoxy) is 2. The highest BCUT2D eigenvalue weighted by Crippen LogP contribution is 2.38. The normalized spacial score (nSPS) is 18.5. The molecule has 30 heavy (non-hydrogen) atoms. The van der Waals surface area contributed by atoms with Crippen LogP contribution in [0.25, 0.3) is 0 Å². The molecule has 1 aliphatic rings. The Bertz CT molecular complexity index is 880. The van der Waals surface area contributed by atoms with Gasteiger partial charge in [-0.15, -0.1) is 11.8 Å². The third-order valence-electron chi connectivity index (χ3n) is 5.36. The van der Waals surface area contributed by atoms with Gasteiger partial charge in [0.2, 0.25) is 0 Å². The molecule has 0 aliphatic heterocycles. The quantitative estimate of drug-likeness (QED) is 0.271. The van der Waals surface area contributed by atoms with Crippen LogP contribution in [0.5, 0.6) is 5.75 Å². The number of nitrogens with zero attached hydrogens (tertiary/aromatic N) is 1. The second-order valence-electron chi connectivity index (χ2n) is 7.26. The molecule has 8 heteroatoms. The van der Waals surface area contributed by atoms with E-state index in [1.165, 1.54) is 18.9 Å². The van der Waals surface area contributed by atoms with E-state index in [1.54, 1.807) is 19.2 Å². The molecule has 7 nitrogen and oxygen atoms in total. The molecule has 160 valence electrons. The fourth-order valence-corrected chi connectivity index (χ4v) is 4.70. The van der Waals surface area contributed by atoms with Crippen LogP contribution in [0.4, 0.5) is 11.4 Å². The minimum atomic E-state index is -0.321. The summed E-state index contributed by atoms with van der Waals surface area (Å²) in [7, 11) is 3.03. The van der Waals surface area contributed by atoms with E-state index in [9.17, 15) is 14.9 Å². The SMILES string of the molecule is COC(=O)C1CCC(Nc2cccc(SCc3ccc(OC)cc3)c2[N+](=O)[O-])CC1. The van der Waals surface area contributed by atoms with E-state index >= 15 is 0 Å². The number of rotatable bonds is 8. The molecular formula is C22H26N2O5S. The van der Waals surface area contributed by atoms with Crippen molar-refractivity contribution in [1.29, 1.82) is 0 Å². The van der Waals surface area contributed by atoms with Gasteiger partial charge in [-0.25, -0.2) is 0 Å². The number of hydrogen-bond acceptors (Lipinski definition) is 7. The number of nitro benzene ring substituents is 1. The van der Waals surface area contributed by atoms with Gasteiger partial charge in [0.1, 0.15) is 11.4 Å². The van der Waals surface area contributed by atoms with Crippen molar-refractivity contribution < 1.29 is 19.2 Å². The van der Waals surface area contributed by atoms with Crippen molar-refractivity contribution in [3.05, 3.63) is 58.1 Å². The van der Waals surface area contributed by atoms with Gasteiger partial charge in [0.15, 0.2) is 0 Å². The van der Waals surface area contributed by atoms with Crippen LogP contribution in [0.15, 0.2) is 47.4 Å². The lowest BCUT2D eigenvalue weighted by Crippen LogP contribution is -2.30. The topological polar surface area (TPSA) is 90.7 Å². The summed E-state index contributed by atoms with van der Waals surface area (Å²) in [5, 5.41) is 15.2. The first-order valence-corrected chi connectivity index (χ1v) is 10.9. The molecule has 3 rings (SSSR count). The monoisotopic (exact) mass is 430 g/mol. The average molecular weight is 431 g/mol. The second kappa shape index (κ2) is 10.3. The summed E-state index contributed by atoms with van der Waals surface area (Å²) < 4.78 is 9.99. The standard InChI is InChI=1S/C22H26N2O5S/c1-28-18-12-6-15(7-13-18)14-30-20-5-3-4-19(21(20)24(26)27)23-17-10-8-16(9-11-17)22(25)29-2/h3-7,12-13,16-17,23H,8-11,14H2,1-2H3. The van der Waals surface area contributed by atoms with Gasteiger partial charge >= 0.3 is 11.7 Å². The third-order valence-corrected chi connectivity index (χ3v) is 6.47. The van der Waals surface area contributed by atoms with E-state index in [1.807, 2.05) is 30.3 Å². The number of anilines is 1. The number of benzene rings is 2. The van der Waals surface area contributed by atoms with Gasteiger partial charge in [-0.05, 0) is 55.5 Å². The lowest BCUT2D eigenvalue weighted by molar-refractivity contribution is -0.386. The second-order valence-corrected chi connectivity index (χ2v) is 8.28. The molecule has 0 unspecified atom stereocenters. The number of hydrogen-bond donors (Lipinski definition) is 1. The molecule has 0 radical (unpaired) electrons. The Morgan fingerprint density at radius 1 is 1.13 bits per heavy atom. The molecule has 0 spiro atoms. The summed E-state index contributed by atoms with van der Waals surface area (Å²) >= 11 is 1.44. The first-order chi connectivity index (χ1) is 14.5. The average Bonchev–Trinajstić information content (AvgIpc) is 2.77. The van der Waals surface area contributed by atoms with E-state index in [0.29, 0.717) is 16.3 Å². The maximum Gasteiger partial charge on any atom is 0.308 e. The van der Waals surface area contributed by atoms with E-state index in [4.69, 9.17) is 9.47 Å². The Balaban J connectivity index is 1.68. The van der Waals surface area contributed by atoms with Gasteiger partial charge in [-0.2, -0.15) is 0 Å². The fraction of sp³-hybridized carbons (Fsp3) is 0.409. The molecule has 0 saturated heterocycles. The smallest absolute Gasteiger partial charge is 0.308 e. The van der Waals surface area contributed by atoms with E-state index in [0.717, 1.165) is 37.0 Å². The summed E-state index contributed by atoms with van der Waals surface area (Å²) in [5.74, 6) is 1.16. The number of nitro groups is 1. The minimum Gasteiger partial charge on any atom is -0.497 e. The maximum absolute atomic E-state index is 11.8. The van der Waals surface area contributed by atoms with Crippen LogP contribution < -0.4 is 10.1 Å². The Morgan fingerprint density at radius 2 is 1.83 bits per heavy atom. The van der Waals surface area contributed by atoms with Crippen LogP contribution in [-0.4, -0.2) is 31.2 Å². The maximum atomic E-state index is 11.8. The number of methoxy groups -OCH3 is 2. The summed E-state index contributed by atoms with van der Waals surface area (Å²) in [4.78, 5) is 23.8. The molecule has 0 bridgehead atoms. The summed E-state index contributed by atoms with van der Waals surface area (Å²) in [6.45, 7) is 0. The fourth-order valence-electron chi connectivity index (χ4n) is 3.69. The minimum absolute atomic E-state index is 0.0746. The Kier molecular flexibility index (Phi) is 7.57. The third kappa shape index (κ3) is 5.44. The number of esters is 1. The van der Waals surface area contributed by atoms with Gasteiger partial charge in [0, 0.05) is 11.8 Å². The lowest BCUT2D eigenvalue weighted by atomic mass is 9.86. The predicted molar refractivity (Wildman–Crippen MR) is 117 cm³/mol. The number of nitrogens with one attached hydrogen (secondary N) is 1. The van der Waals surface area contributed by atoms with Crippen molar-refractivity contribution in [2.75, 3.05) is 19.5 Å². The Labute approximate surface area is 180 Å². The molecule has 0 atom stereocenters. The van der Waals surface area contributed by atoms with Gasteiger partial charge in [0.25, 0.3) is 0 Å². The van der Waals surface area contributed by atoms with E-state index in [2.05, 4.69) is 5.32 Å². The molecule has 1 N–H and O–H groups in total. The zero-order chi connectivity index (χ0) is 21.5. The van der Waals surface area contributed by atoms with E-state index < -0.39 is 0 Å². The summed E-state index contributed by atoms with van der Waals surface area (Å²) in [6.07, 6.45) is 3.01. The van der Waals surface area contributed by atoms with Gasteiger partial charge < -0.3 is 14.8 Å². The van der Waals surface area contributed by atoms with Crippen molar-refractivity contribution in [2.45, 2.75) is 42.4 Å². The van der Waals surface area contributed by atoms with Gasteiger partial charge in [0.05, 0.1) is 30.0 Å². The molecule has 1 fully saturated rings. The Hall–Kier alpha value is -2.74. The Morgan fingerprint density at radius 3 is 2.43 bits per heavy atom. The van der Waals surface area contributed by atoms with E-state index in [-0.39, 0.29) is 28.5 Å². The van der Waals surface area contributed by atoms with Gasteiger partial charge in [-0.1, -0.05) is 18.2 Å². The van der Waals surface area contributed by atoms with Crippen molar-refractivity contribution in [3.63, 3.8) is 0 Å². The highest BCUT2D eigenvalue weighted by molar-refractivity contribution is 7.98. The number of carbonyl (C=O) groups is 1. The molecule has 2 aromatic carbocycles. The molecule has 0 heterocycles. The zero-order valence-electron chi connectivity index (χ0n) is 17.1. The molecule has 2 aromatic rings. The van der Waals surface area contributed by atoms with Crippen molar-refractivity contribution in [2.24, 2.45) is 5.92 Å². The summed E-state index contributed by atoms with van der Waals surface area (Å²) in [6, 6.07) is 13.2. The molecule has 1 saturated carbocycles. The van der Waals surface area contributed by atoms with Crippen LogP contribution >= 0.6 is 11.8 Å². The van der Waals surface area contributed by atoms with Crippen LogP contribution in [0.2, 0.25) is 0 Å². The largest absolute Gasteiger partial charge is 0.497 e. The molecular weight excluding hydrogens is 404 g/mol. The van der Waals surface area contributed by atoms with Crippen molar-refractivity contribution in [3.8, 4) is 5.75 Å². The first-order valence-electron chi connectivity index (χ1n) is 9.89. The van der Waals surface area contributed by atoms with Crippen molar-refractivity contribution in [1.82, 2.24) is 0 Å². The number of thioether (sulfide) groups is 1. The van der Waals surface area contributed by atoms with Crippen LogP contribution in [-0.2, 0) is 15.3 Å². The highest BCUT2D eigenvalue weighted by atomic mass is 32.2. The van der Waals surface area contributed by atoms with Crippen molar-refractivity contribution >= 4 is 29.1 Å². The zero-order valence-corrected chi connectivity index (χ0v) is 17.9. The highest BCUT2D eigenvalue weighted by Gasteiger charge is 2.28. The molecule has 1 aliphatic carbocycles. The summed E-state index contributed by atoms with van der Waals surface area (Å²) in [5.41, 5.74) is 1.70. The molecule has 0 aromatic heterocycles. The number of carbonyl (C=O) groups excluding carboxylic acids is 1. The molecule has 0 amide bonds. The predicted octanol–water partition coefficient (Wildman–Crippen LogP) is 5.04. The van der Waals surface area contributed by atoms with Gasteiger partial charge in [-0.3, -0.25) is 14.9 Å². The first kappa shape index (κ1) is 22.0. The van der Waals surface area contributed by atoms with Crippen LogP contribution in [0.1, 0.15) is 31.2 Å². The number of para-hydroxylation sites is 1. The van der Waals surface area contributed by atoms with Crippen LogP contribution in [0, 0.1) is 16.0 Å². The lowest BCUT2D eigenvalue weighted by Gasteiger charge is -2.28.